The van der Waals surface area contributed by atoms with Gasteiger partial charge in [-0.25, -0.2) is 0 Å². The number of fused-ring (bicyclic) bond motifs is 1. The molecule has 1 saturated carbocycles. The second kappa shape index (κ2) is 7.65. The van der Waals surface area contributed by atoms with E-state index in [1.807, 2.05) is 4.90 Å². The van der Waals surface area contributed by atoms with E-state index in [4.69, 9.17) is 0 Å². The molecule has 0 radical (unpaired) electrons. The molecule has 1 aliphatic carbocycles. The van der Waals surface area contributed by atoms with Crippen LogP contribution in [0.5, 0.6) is 0 Å². The minimum atomic E-state index is -0.204. The Balaban J connectivity index is 1.46. The highest BCUT2D eigenvalue weighted by atomic mass is 16.2. The lowest BCUT2D eigenvalue weighted by Gasteiger charge is -2.37. The average molecular weight is 321 g/mol. The number of hydrogen-bond donors (Lipinski definition) is 2. The summed E-state index contributed by atoms with van der Waals surface area (Å²) in [7, 11) is 0. The minimum Gasteiger partial charge on any atom is -0.355 e. The van der Waals surface area contributed by atoms with Gasteiger partial charge < -0.3 is 15.5 Å². The fourth-order valence-corrected chi connectivity index (χ4v) is 4.63. The lowest BCUT2D eigenvalue weighted by Crippen LogP contribution is -2.48. The van der Waals surface area contributed by atoms with Gasteiger partial charge in [-0.1, -0.05) is 25.7 Å². The van der Waals surface area contributed by atoms with Crippen LogP contribution in [-0.4, -0.2) is 49.4 Å². The fourth-order valence-electron chi connectivity index (χ4n) is 4.63. The Morgan fingerprint density at radius 3 is 2.65 bits per heavy atom. The molecule has 3 rings (SSSR count). The summed E-state index contributed by atoms with van der Waals surface area (Å²) in [5, 5.41) is 6.48. The van der Waals surface area contributed by atoms with Crippen LogP contribution < -0.4 is 10.6 Å². The predicted molar refractivity (Wildman–Crippen MR) is 89.9 cm³/mol. The maximum Gasteiger partial charge on any atom is 0.227 e. The number of rotatable bonds is 4. The minimum absolute atomic E-state index is 0.177. The zero-order valence-corrected chi connectivity index (χ0v) is 14.2. The van der Waals surface area contributed by atoms with Crippen LogP contribution in [0.4, 0.5) is 0 Å². The van der Waals surface area contributed by atoms with Crippen LogP contribution in [0, 0.1) is 11.3 Å². The van der Waals surface area contributed by atoms with Crippen LogP contribution in [0.25, 0.3) is 0 Å². The average Bonchev–Trinajstić information content (AvgIpc) is 2.82. The van der Waals surface area contributed by atoms with Gasteiger partial charge in [0.05, 0.1) is 5.41 Å². The Morgan fingerprint density at radius 2 is 1.87 bits per heavy atom. The van der Waals surface area contributed by atoms with E-state index in [1.54, 1.807) is 0 Å². The van der Waals surface area contributed by atoms with Gasteiger partial charge in [0, 0.05) is 32.6 Å². The Kier molecular flexibility index (Phi) is 5.57. The van der Waals surface area contributed by atoms with Crippen molar-refractivity contribution in [3.8, 4) is 0 Å². The van der Waals surface area contributed by atoms with Crippen molar-refractivity contribution in [3.63, 3.8) is 0 Å². The number of nitrogens with zero attached hydrogens (tertiary/aromatic N) is 1. The van der Waals surface area contributed by atoms with E-state index in [1.165, 1.54) is 19.3 Å². The zero-order chi connectivity index (χ0) is 16.1. The van der Waals surface area contributed by atoms with Crippen molar-refractivity contribution in [1.82, 2.24) is 15.5 Å². The molecule has 3 fully saturated rings. The first kappa shape index (κ1) is 16.7. The smallest absolute Gasteiger partial charge is 0.227 e. The van der Waals surface area contributed by atoms with E-state index in [-0.39, 0.29) is 17.2 Å². The number of carbonyl (C=O) groups excluding carboxylic acids is 2. The van der Waals surface area contributed by atoms with Crippen LogP contribution in [0.2, 0.25) is 0 Å². The molecule has 2 N–H and O–H groups in total. The number of hydrogen-bond acceptors (Lipinski definition) is 3. The quantitative estimate of drug-likeness (QED) is 0.828. The highest BCUT2D eigenvalue weighted by molar-refractivity contribution is 5.84. The maximum absolute atomic E-state index is 12.7. The largest absolute Gasteiger partial charge is 0.355 e. The SMILES string of the molecule is O=C(CCNC(=O)[C@@]12CCCC[C@H]1CNC2)N1CCCCCC1. The molecule has 0 aromatic carbocycles. The summed E-state index contributed by atoms with van der Waals surface area (Å²) in [6, 6.07) is 0. The van der Waals surface area contributed by atoms with Crippen molar-refractivity contribution in [2.45, 2.75) is 57.8 Å². The molecular formula is C18H31N3O2. The Bertz CT molecular complexity index is 432. The molecule has 2 saturated heterocycles. The fraction of sp³-hybridized carbons (Fsp3) is 0.889. The first-order chi connectivity index (χ1) is 11.2. The van der Waals surface area contributed by atoms with Crippen LogP contribution in [0.15, 0.2) is 0 Å². The van der Waals surface area contributed by atoms with Crippen molar-refractivity contribution in [3.05, 3.63) is 0 Å². The van der Waals surface area contributed by atoms with Crippen molar-refractivity contribution >= 4 is 11.8 Å². The molecular weight excluding hydrogens is 290 g/mol. The highest BCUT2D eigenvalue weighted by Crippen LogP contribution is 2.43. The molecule has 2 amide bonds. The summed E-state index contributed by atoms with van der Waals surface area (Å²) in [6.45, 7) is 4.05. The number of likely N-dealkylation sites (tertiary alicyclic amines) is 1. The highest BCUT2D eigenvalue weighted by Gasteiger charge is 2.49. The third-order valence-corrected chi connectivity index (χ3v) is 6.07. The molecule has 3 aliphatic rings. The summed E-state index contributed by atoms with van der Waals surface area (Å²) < 4.78 is 0. The summed E-state index contributed by atoms with van der Waals surface area (Å²) in [5.74, 6) is 0.864. The molecule has 5 nitrogen and oxygen atoms in total. The van der Waals surface area contributed by atoms with Crippen molar-refractivity contribution in [2.24, 2.45) is 11.3 Å². The van der Waals surface area contributed by atoms with Gasteiger partial charge in [0.25, 0.3) is 0 Å². The van der Waals surface area contributed by atoms with Gasteiger partial charge in [0.2, 0.25) is 11.8 Å². The molecule has 130 valence electrons. The third-order valence-electron chi connectivity index (χ3n) is 6.07. The molecule has 2 atom stereocenters. The van der Waals surface area contributed by atoms with E-state index in [9.17, 15) is 9.59 Å². The van der Waals surface area contributed by atoms with Crippen molar-refractivity contribution < 1.29 is 9.59 Å². The van der Waals surface area contributed by atoms with E-state index < -0.39 is 0 Å². The number of carbonyl (C=O) groups is 2. The number of nitrogens with one attached hydrogen (secondary N) is 2. The third kappa shape index (κ3) is 3.70. The second-order valence-electron chi connectivity index (χ2n) is 7.53. The normalized spacial score (nSPS) is 31.3. The van der Waals surface area contributed by atoms with E-state index in [2.05, 4.69) is 10.6 Å². The topological polar surface area (TPSA) is 61.4 Å². The van der Waals surface area contributed by atoms with Gasteiger partial charge in [-0.05, 0) is 38.1 Å². The van der Waals surface area contributed by atoms with Crippen LogP contribution in [0.3, 0.4) is 0 Å². The second-order valence-corrected chi connectivity index (χ2v) is 7.53. The standard InChI is InChI=1S/C18H31N3O2/c22-16(21-11-5-1-2-6-12-21)8-10-20-17(23)18-9-4-3-7-15(18)13-19-14-18/h15,19H,1-14H2,(H,20,23)/t15-,18+/m0/s1. The van der Waals surface area contributed by atoms with Gasteiger partial charge in [-0.2, -0.15) is 0 Å². The van der Waals surface area contributed by atoms with Crippen molar-refractivity contribution in [2.75, 3.05) is 32.7 Å². The predicted octanol–water partition coefficient (Wildman–Crippen LogP) is 1.68. The number of amides is 2. The first-order valence-electron chi connectivity index (χ1n) is 9.49. The van der Waals surface area contributed by atoms with Crippen LogP contribution in [-0.2, 0) is 9.59 Å². The van der Waals surface area contributed by atoms with Crippen LogP contribution >= 0.6 is 0 Å². The molecule has 0 bridgehead atoms. The Labute approximate surface area is 139 Å². The molecule has 0 aromatic rings. The molecule has 0 aromatic heterocycles. The van der Waals surface area contributed by atoms with Gasteiger partial charge in [0.15, 0.2) is 0 Å². The summed E-state index contributed by atoms with van der Waals surface area (Å²) in [4.78, 5) is 27.0. The van der Waals surface area contributed by atoms with E-state index >= 15 is 0 Å². The van der Waals surface area contributed by atoms with Gasteiger partial charge >= 0.3 is 0 Å². The van der Waals surface area contributed by atoms with Gasteiger partial charge in [-0.3, -0.25) is 9.59 Å². The molecule has 5 heteroatoms. The lowest BCUT2D eigenvalue weighted by molar-refractivity contribution is -0.134. The monoisotopic (exact) mass is 321 g/mol. The van der Waals surface area contributed by atoms with E-state index in [0.29, 0.717) is 18.9 Å². The van der Waals surface area contributed by atoms with Gasteiger partial charge in [0.1, 0.15) is 0 Å². The molecule has 0 unspecified atom stereocenters. The molecule has 2 heterocycles. The Hall–Kier alpha value is -1.10. The summed E-state index contributed by atoms with van der Waals surface area (Å²) >= 11 is 0. The summed E-state index contributed by atoms with van der Waals surface area (Å²) in [6.07, 6.45) is 9.70. The van der Waals surface area contributed by atoms with Crippen molar-refractivity contribution in [1.29, 1.82) is 0 Å². The molecule has 23 heavy (non-hydrogen) atoms. The summed E-state index contributed by atoms with van der Waals surface area (Å²) in [5.41, 5.74) is -0.204. The van der Waals surface area contributed by atoms with Crippen LogP contribution in [0.1, 0.15) is 57.8 Å². The zero-order valence-electron chi connectivity index (χ0n) is 14.2. The maximum atomic E-state index is 12.7. The molecule has 0 spiro atoms. The molecule has 2 aliphatic heterocycles. The first-order valence-corrected chi connectivity index (χ1v) is 9.49. The lowest BCUT2D eigenvalue weighted by atomic mass is 9.67. The van der Waals surface area contributed by atoms with E-state index in [0.717, 1.165) is 58.3 Å². The van der Waals surface area contributed by atoms with Gasteiger partial charge in [-0.15, -0.1) is 0 Å². The Morgan fingerprint density at radius 1 is 1.09 bits per heavy atom.